The fraction of sp³-hybridized carbons (Fsp3) is 0.250. The molecule has 0 amide bonds. The van der Waals surface area contributed by atoms with Crippen molar-refractivity contribution in [1.29, 1.82) is 0 Å². The van der Waals surface area contributed by atoms with Crippen molar-refractivity contribution >= 4 is 22.9 Å². The molecule has 0 radical (unpaired) electrons. The molecule has 0 atom stereocenters. The highest BCUT2D eigenvalue weighted by Gasteiger charge is 2.09. The number of nitrogens with zero attached hydrogens (tertiary/aromatic N) is 2. The van der Waals surface area contributed by atoms with E-state index in [1.165, 1.54) is 11.3 Å². The van der Waals surface area contributed by atoms with Gasteiger partial charge in [0.2, 0.25) is 0 Å². The van der Waals surface area contributed by atoms with E-state index in [9.17, 15) is 0 Å². The zero-order valence-corrected chi connectivity index (χ0v) is 8.68. The largest absolute Gasteiger partial charge is 0.396 e. The Bertz CT molecular complexity index is 426. The maximum absolute atomic E-state index is 8.66. The van der Waals surface area contributed by atoms with Gasteiger partial charge in [-0.05, 0) is 6.07 Å². The topological polar surface area (TPSA) is 59.2 Å². The molecular weight excluding hydrogens is 224 g/mol. The second-order valence-corrected chi connectivity index (χ2v) is 4.17. The summed E-state index contributed by atoms with van der Waals surface area (Å²) >= 11 is 7.18. The smallest absolute Gasteiger partial charge is 0.258 e. The summed E-state index contributed by atoms with van der Waals surface area (Å²) in [6.45, 7) is 0.0172. The summed E-state index contributed by atoms with van der Waals surface area (Å²) in [7, 11) is 0. The monoisotopic (exact) mass is 230 g/mol. The van der Waals surface area contributed by atoms with E-state index >= 15 is 0 Å². The van der Waals surface area contributed by atoms with Crippen molar-refractivity contribution in [2.45, 2.75) is 6.42 Å². The van der Waals surface area contributed by atoms with E-state index in [0.29, 0.717) is 22.5 Å². The van der Waals surface area contributed by atoms with E-state index in [0.717, 1.165) is 5.56 Å². The number of aromatic nitrogens is 2. The van der Waals surface area contributed by atoms with Crippen molar-refractivity contribution in [3.05, 3.63) is 21.6 Å². The standard InChI is InChI=1S/C8H7ClN2O2S/c9-6-3-5(4-14-6)8-10-7(1-2-12)11-13-8/h3-4,12H,1-2H2. The summed E-state index contributed by atoms with van der Waals surface area (Å²) in [5.41, 5.74) is 0.816. The van der Waals surface area contributed by atoms with Crippen LogP contribution in [0, 0.1) is 0 Å². The van der Waals surface area contributed by atoms with Gasteiger partial charge in [-0.1, -0.05) is 16.8 Å². The maximum Gasteiger partial charge on any atom is 0.258 e. The Labute approximate surface area is 89.1 Å². The second-order valence-electron chi connectivity index (χ2n) is 2.63. The Hall–Kier alpha value is -0.910. The van der Waals surface area contributed by atoms with Crippen LogP contribution in [0.5, 0.6) is 0 Å². The van der Waals surface area contributed by atoms with Crippen LogP contribution in [0.4, 0.5) is 0 Å². The summed E-state index contributed by atoms with van der Waals surface area (Å²) in [5.74, 6) is 0.946. The summed E-state index contributed by atoms with van der Waals surface area (Å²) < 4.78 is 5.67. The van der Waals surface area contributed by atoms with Gasteiger partial charge in [-0.15, -0.1) is 11.3 Å². The van der Waals surface area contributed by atoms with Crippen LogP contribution in [0.1, 0.15) is 5.82 Å². The molecule has 2 aromatic heterocycles. The van der Waals surface area contributed by atoms with E-state index in [1.807, 2.05) is 5.38 Å². The third-order valence-corrected chi connectivity index (χ3v) is 2.71. The molecule has 0 saturated heterocycles. The van der Waals surface area contributed by atoms with Gasteiger partial charge in [0.1, 0.15) is 0 Å². The van der Waals surface area contributed by atoms with Gasteiger partial charge in [-0.2, -0.15) is 4.98 Å². The lowest BCUT2D eigenvalue weighted by molar-refractivity contribution is 0.293. The van der Waals surface area contributed by atoms with Crippen LogP contribution in [-0.2, 0) is 6.42 Å². The number of halogens is 1. The molecule has 0 fully saturated rings. The molecule has 0 aliphatic rings. The molecule has 2 heterocycles. The average Bonchev–Trinajstić information content (AvgIpc) is 2.74. The minimum atomic E-state index is 0.0172. The van der Waals surface area contributed by atoms with Gasteiger partial charge < -0.3 is 9.63 Å². The van der Waals surface area contributed by atoms with Crippen LogP contribution >= 0.6 is 22.9 Å². The maximum atomic E-state index is 8.66. The van der Waals surface area contributed by atoms with Crippen LogP contribution in [-0.4, -0.2) is 21.9 Å². The van der Waals surface area contributed by atoms with Crippen molar-refractivity contribution in [3.63, 3.8) is 0 Å². The van der Waals surface area contributed by atoms with Crippen molar-refractivity contribution in [1.82, 2.24) is 10.1 Å². The van der Waals surface area contributed by atoms with Crippen LogP contribution in [0.3, 0.4) is 0 Å². The molecule has 0 aromatic carbocycles. The minimum absolute atomic E-state index is 0.0172. The summed E-state index contributed by atoms with van der Waals surface area (Å²) in [6, 6.07) is 1.77. The summed E-state index contributed by atoms with van der Waals surface area (Å²) in [6.07, 6.45) is 0.404. The molecule has 0 spiro atoms. The molecule has 0 bridgehead atoms. The van der Waals surface area contributed by atoms with Gasteiger partial charge in [-0.3, -0.25) is 0 Å². The molecule has 0 saturated carbocycles. The lowest BCUT2D eigenvalue weighted by atomic mass is 10.3. The van der Waals surface area contributed by atoms with Crippen LogP contribution in [0.2, 0.25) is 4.34 Å². The lowest BCUT2D eigenvalue weighted by Gasteiger charge is -1.84. The molecule has 0 aliphatic carbocycles. The number of aliphatic hydroxyl groups is 1. The normalized spacial score (nSPS) is 10.7. The number of thiophene rings is 1. The first-order valence-corrected chi connectivity index (χ1v) is 5.23. The summed E-state index contributed by atoms with van der Waals surface area (Å²) in [4.78, 5) is 4.09. The van der Waals surface area contributed by atoms with Crippen LogP contribution in [0.25, 0.3) is 11.5 Å². The third kappa shape index (κ3) is 1.95. The zero-order valence-electron chi connectivity index (χ0n) is 7.11. The van der Waals surface area contributed by atoms with E-state index < -0.39 is 0 Å². The molecule has 0 unspecified atom stereocenters. The first-order chi connectivity index (χ1) is 6.79. The predicted octanol–water partition coefficient (Wildman–Crippen LogP) is 1.99. The minimum Gasteiger partial charge on any atom is -0.396 e. The third-order valence-electron chi connectivity index (χ3n) is 1.62. The van der Waals surface area contributed by atoms with E-state index in [4.69, 9.17) is 21.2 Å². The predicted molar refractivity (Wildman–Crippen MR) is 53.4 cm³/mol. The molecule has 14 heavy (non-hydrogen) atoms. The highest BCUT2D eigenvalue weighted by molar-refractivity contribution is 7.14. The SMILES string of the molecule is OCCc1noc(-c2csc(Cl)c2)n1. The molecule has 0 aliphatic heterocycles. The van der Waals surface area contributed by atoms with E-state index in [1.54, 1.807) is 6.07 Å². The highest BCUT2D eigenvalue weighted by atomic mass is 35.5. The van der Waals surface area contributed by atoms with Gasteiger partial charge in [0.05, 0.1) is 16.5 Å². The highest BCUT2D eigenvalue weighted by Crippen LogP contribution is 2.27. The van der Waals surface area contributed by atoms with E-state index in [-0.39, 0.29) is 6.61 Å². The molecule has 6 heteroatoms. The Balaban J connectivity index is 2.24. The van der Waals surface area contributed by atoms with Gasteiger partial charge in [-0.25, -0.2) is 0 Å². The fourth-order valence-corrected chi connectivity index (χ4v) is 1.85. The van der Waals surface area contributed by atoms with Gasteiger partial charge in [0, 0.05) is 11.8 Å². The Morgan fingerprint density at radius 1 is 1.57 bits per heavy atom. The van der Waals surface area contributed by atoms with Crippen molar-refractivity contribution in [3.8, 4) is 11.5 Å². The van der Waals surface area contributed by atoms with Gasteiger partial charge >= 0.3 is 0 Å². The molecule has 2 rings (SSSR count). The van der Waals surface area contributed by atoms with Gasteiger partial charge in [0.15, 0.2) is 5.82 Å². The quantitative estimate of drug-likeness (QED) is 0.876. The fourth-order valence-electron chi connectivity index (χ4n) is 0.995. The van der Waals surface area contributed by atoms with Crippen molar-refractivity contribution in [2.75, 3.05) is 6.61 Å². The molecule has 2 aromatic rings. The van der Waals surface area contributed by atoms with E-state index in [2.05, 4.69) is 10.1 Å². The number of aliphatic hydroxyl groups excluding tert-OH is 1. The van der Waals surface area contributed by atoms with Crippen LogP contribution < -0.4 is 0 Å². The lowest BCUT2D eigenvalue weighted by Crippen LogP contribution is -1.92. The van der Waals surface area contributed by atoms with Crippen molar-refractivity contribution in [2.24, 2.45) is 0 Å². The molecular formula is C8H7ClN2O2S. The number of hydrogen-bond acceptors (Lipinski definition) is 5. The average molecular weight is 231 g/mol. The molecule has 1 N–H and O–H groups in total. The summed E-state index contributed by atoms with van der Waals surface area (Å²) in [5, 5.41) is 14.2. The number of hydrogen-bond donors (Lipinski definition) is 1. The first-order valence-electron chi connectivity index (χ1n) is 3.97. The zero-order chi connectivity index (χ0) is 9.97. The second kappa shape index (κ2) is 4.08. The molecule has 4 nitrogen and oxygen atoms in total. The first kappa shape index (κ1) is 9.64. The Morgan fingerprint density at radius 2 is 2.43 bits per heavy atom. The Kier molecular flexibility index (Phi) is 2.81. The van der Waals surface area contributed by atoms with Crippen LogP contribution in [0.15, 0.2) is 16.0 Å². The van der Waals surface area contributed by atoms with Crippen molar-refractivity contribution < 1.29 is 9.63 Å². The van der Waals surface area contributed by atoms with Gasteiger partial charge in [0.25, 0.3) is 5.89 Å². The Morgan fingerprint density at radius 3 is 3.07 bits per heavy atom. The number of rotatable bonds is 3. The molecule has 74 valence electrons.